The summed E-state index contributed by atoms with van der Waals surface area (Å²) in [7, 11) is 0. The molecule has 118 valence electrons. The molecule has 1 fully saturated rings. The highest BCUT2D eigenvalue weighted by Crippen LogP contribution is 2.23. The number of aliphatic carboxylic acids is 1. The average molecular weight is 305 g/mol. The third kappa shape index (κ3) is 4.33. The van der Waals surface area contributed by atoms with Crippen molar-refractivity contribution < 1.29 is 24.2 Å². The number of ether oxygens (including phenoxy) is 2. The summed E-state index contributed by atoms with van der Waals surface area (Å²) in [5.41, 5.74) is 1.47. The summed E-state index contributed by atoms with van der Waals surface area (Å²) in [6.45, 7) is 6.02. The minimum atomic E-state index is -1.04. The second-order valence-corrected chi connectivity index (χ2v) is 5.29. The molecule has 2 atom stereocenters. The van der Waals surface area contributed by atoms with E-state index in [-0.39, 0.29) is 5.91 Å². The van der Waals surface area contributed by atoms with Crippen LogP contribution in [0.15, 0.2) is 36.4 Å². The minimum absolute atomic E-state index is 0.342. The monoisotopic (exact) mass is 305 g/mol. The van der Waals surface area contributed by atoms with E-state index in [1.54, 1.807) is 24.3 Å². The number of carboxylic acid groups (broad SMARTS) is 1. The SMILES string of the molecule is C=C(C)COc1cccc(NC(=O)[C@@H]2CC[C@H](C(=O)O)O2)c1. The van der Waals surface area contributed by atoms with Crippen molar-refractivity contribution in [3.05, 3.63) is 36.4 Å². The molecule has 1 amide bonds. The minimum Gasteiger partial charge on any atom is -0.489 e. The van der Waals surface area contributed by atoms with Crippen molar-refractivity contribution in [2.75, 3.05) is 11.9 Å². The molecule has 1 heterocycles. The molecule has 0 aliphatic carbocycles. The summed E-state index contributed by atoms with van der Waals surface area (Å²) < 4.78 is 10.7. The number of hydrogen-bond donors (Lipinski definition) is 2. The molecule has 0 spiro atoms. The third-order valence-electron chi connectivity index (χ3n) is 3.17. The average Bonchev–Trinajstić information content (AvgIpc) is 2.95. The number of hydrogen-bond acceptors (Lipinski definition) is 4. The molecule has 1 saturated heterocycles. The largest absolute Gasteiger partial charge is 0.489 e. The predicted molar refractivity (Wildman–Crippen MR) is 80.9 cm³/mol. The number of nitrogens with one attached hydrogen (secondary N) is 1. The lowest BCUT2D eigenvalue weighted by Crippen LogP contribution is -2.29. The first-order chi connectivity index (χ1) is 10.5. The molecular formula is C16H19NO5. The molecule has 0 bridgehead atoms. The lowest BCUT2D eigenvalue weighted by molar-refractivity contribution is -0.150. The van der Waals surface area contributed by atoms with Crippen molar-refractivity contribution in [3.63, 3.8) is 0 Å². The van der Waals surface area contributed by atoms with Gasteiger partial charge in [-0.2, -0.15) is 0 Å². The highest BCUT2D eigenvalue weighted by atomic mass is 16.5. The molecule has 1 aliphatic rings. The van der Waals surface area contributed by atoms with Gasteiger partial charge in [0.1, 0.15) is 18.5 Å². The second kappa shape index (κ2) is 7.09. The van der Waals surface area contributed by atoms with E-state index in [2.05, 4.69) is 11.9 Å². The van der Waals surface area contributed by atoms with Crippen LogP contribution in [0.4, 0.5) is 5.69 Å². The van der Waals surface area contributed by atoms with E-state index >= 15 is 0 Å². The third-order valence-corrected chi connectivity index (χ3v) is 3.17. The van der Waals surface area contributed by atoms with Gasteiger partial charge in [-0.15, -0.1) is 0 Å². The topological polar surface area (TPSA) is 84.9 Å². The summed E-state index contributed by atoms with van der Waals surface area (Å²) in [6.07, 6.45) is -0.897. The first-order valence-electron chi connectivity index (χ1n) is 7.02. The molecule has 6 heteroatoms. The molecule has 22 heavy (non-hydrogen) atoms. The Morgan fingerprint density at radius 1 is 1.41 bits per heavy atom. The quantitative estimate of drug-likeness (QED) is 0.787. The fourth-order valence-corrected chi connectivity index (χ4v) is 2.10. The standard InChI is InChI=1S/C16H19NO5/c1-10(2)9-21-12-5-3-4-11(8-12)17-15(18)13-6-7-14(22-13)16(19)20/h3-5,8,13-14H,1,6-7,9H2,2H3,(H,17,18)(H,19,20)/t13-,14+/m0/s1. The zero-order valence-corrected chi connectivity index (χ0v) is 12.4. The Hall–Kier alpha value is -2.34. The maximum atomic E-state index is 12.1. The number of anilines is 1. The van der Waals surface area contributed by atoms with Gasteiger partial charge in [0.05, 0.1) is 0 Å². The van der Waals surface area contributed by atoms with Gasteiger partial charge in [-0.25, -0.2) is 4.79 Å². The molecule has 0 unspecified atom stereocenters. The van der Waals surface area contributed by atoms with Crippen LogP contribution in [0.3, 0.4) is 0 Å². The van der Waals surface area contributed by atoms with Gasteiger partial charge in [0, 0.05) is 11.8 Å². The Kier molecular flexibility index (Phi) is 5.16. The van der Waals surface area contributed by atoms with Gasteiger partial charge < -0.3 is 19.9 Å². The molecule has 0 saturated carbocycles. The van der Waals surface area contributed by atoms with Crippen LogP contribution in [-0.4, -0.2) is 35.8 Å². The van der Waals surface area contributed by atoms with E-state index in [9.17, 15) is 9.59 Å². The van der Waals surface area contributed by atoms with Gasteiger partial charge in [-0.1, -0.05) is 12.6 Å². The van der Waals surface area contributed by atoms with Crippen LogP contribution in [-0.2, 0) is 14.3 Å². The Bertz CT molecular complexity index is 584. The molecule has 1 aromatic rings. The molecule has 0 aromatic heterocycles. The predicted octanol–water partition coefficient (Wildman–Crippen LogP) is 2.21. The maximum absolute atomic E-state index is 12.1. The highest BCUT2D eigenvalue weighted by Gasteiger charge is 2.34. The Balaban J connectivity index is 1.93. The Morgan fingerprint density at radius 3 is 2.77 bits per heavy atom. The van der Waals surface area contributed by atoms with Crippen LogP contribution in [0.25, 0.3) is 0 Å². The molecule has 1 aromatic carbocycles. The van der Waals surface area contributed by atoms with Gasteiger partial charge >= 0.3 is 5.97 Å². The molecule has 2 N–H and O–H groups in total. The fourth-order valence-electron chi connectivity index (χ4n) is 2.10. The maximum Gasteiger partial charge on any atom is 0.332 e. The molecule has 1 aliphatic heterocycles. The van der Waals surface area contributed by atoms with Gasteiger partial charge in [-0.3, -0.25) is 4.79 Å². The zero-order valence-electron chi connectivity index (χ0n) is 12.4. The van der Waals surface area contributed by atoms with E-state index in [0.29, 0.717) is 30.9 Å². The zero-order chi connectivity index (χ0) is 16.1. The second-order valence-electron chi connectivity index (χ2n) is 5.29. The summed E-state index contributed by atoms with van der Waals surface area (Å²) in [5, 5.41) is 11.6. The lowest BCUT2D eigenvalue weighted by atomic mass is 10.2. The van der Waals surface area contributed by atoms with E-state index in [1.807, 2.05) is 6.92 Å². The number of carboxylic acids is 1. The van der Waals surface area contributed by atoms with Gasteiger partial charge in [0.25, 0.3) is 5.91 Å². The fraction of sp³-hybridized carbons (Fsp3) is 0.375. The van der Waals surface area contributed by atoms with Gasteiger partial charge in [-0.05, 0) is 37.5 Å². The Morgan fingerprint density at radius 2 is 2.14 bits per heavy atom. The Labute approximate surface area is 128 Å². The van der Waals surface area contributed by atoms with Crippen molar-refractivity contribution in [2.45, 2.75) is 32.0 Å². The van der Waals surface area contributed by atoms with E-state index in [0.717, 1.165) is 5.57 Å². The van der Waals surface area contributed by atoms with Crippen molar-refractivity contribution in [1.82, 2.24) is 0 Å². The van der Waals surface area contributed by atoms with Crippen molar-refractivity contribution in [2.24, 2.45) is 0 Å². The summed E-state index contributed by atoms with van der Waals surface area (Å²) in [6, 6.07) is 6.98. The van der Waals surface area contributed by atoms with Crippen LogP contribution in [0.1, 0.15) is 19.8 Å². The number of rotatable bonds is 6. The summed E-state index contributed by atoms with van der Waals surface area (Å²) >= 11 is 0. The highest BCUT2D eigenvalue weighted by molar-refractivity contribution is 5.94. The van der Waals surface area contributed by atoms with Gasteiger partial charge in [0.2, 0.25) is 0 Å². The summed E-state index contributed by atoms with van der Waals surface area (Å²) in [5.74, 6) is -0.761. The summed E-state index contributed by atoms with van der Waals surface area (Å²) in [4.78, 5) is 22.9. The van der Waals surface area contributed by atoms with Crippen molar-refractivity contribution >= 4 is 17.6 Å². The van der Waals surface area contributed by atoms with Crippen LogP contribution >= 0.6 is 0 Å². The van der Waals surface area contributed by atoms with Gasteiger partial charge in [0.15, 0.2) is 6.10 Å². The number of amides is 1. The first kappa shape index (κ1) is 16.0. The smallest absolute Gasteiger partial charge is 0.332 e. The first-order valence-corrected chi connectivity index (χ1v) is 7.02. The molecule has 0 radical (unpaired) electrons. The van der Waals surface area contributed by atoms with E-state index in [4.69, 9.17) is 14.6 Å². The number of carbonyl (C=O) groups excluding carboxylic acids is 1. The molecular weight excluding hydrogens is 286 g/mol. The molecule has 6 nitrogen and oxygen atoms in total. The van der Waals surface area contributed by atoms with Crippen LogP contribution < -0.4 is 10.1 Å². The van der Waals surface area contributed by atoms with Crippen LogP contribution in [0.2, 0.25) is 0 Å². The van der Waals surface area contributed by atoms with Crippen molar-refractivity contribution in [1.29, 1.82) is 0 Å². The van der Waals surface area contributed by atoms with E-state index in [1.165, 1.54) is 0 Å². The van der Waals surface area contributed by atoms with Crippen LogP contribution in [0, 0.1) is 0 Å². The molecule has 2 rings (SSSR count). The lowest BCUT2D eigenvalue weighted by Gasteiger charge is -2.13. The number of carbonyl (C=O) groups is 2. The van der Waals surface area contributed by atoms with Crippen molar-refractivity contribution in [3.8, 4) is 5.75 Å². The van der Waals surface area contributed by atoms with E-state index < -0.39 is 18.2 Å². The normalized spacial score (nSPS) is 20.4. The van der Waals surface area contributed by atoms with Crippen LogP contribution in [0.5, 0.6) is 5.75 Å². The number of benzene rings is 1.